The van der Waals surface area contributed by atoms with Gasteiger partial charge in [-0.05, 0) is 18.2 Å². The minimum Gasteiger partial charge on any atom is -0.369 e. The highest BCUT2D eigenvalue weighted by molar-refractivity contribution is 7.91. The molecule has 81 valence electrons. The lowest BCUT2D eigenvalue weighted by Crippen LogP contribution is -2.40. The fourth-order valence-electron chi connectivity index (χ4n) is 1.56. The molecule has 0 aromatic heterocycles. The summed E-state index contributed by atoms with van der Waals surface area (Å²) in [5, 5.41) is 0. The summed E-state index contributed by atoms with van der Waals surface area (Å²) in [5.74, 6) is -0.0495. The molecular weight excluding hydrogens is 217 g/mol. The molecule has 15 heavy (non-hydrogen) atoms. The molecule has 5 heteroatoms. The molecule has 2 rings (SSSR count). The van der Waals surface area contributed by atoms with Crippen molar-refractivity contribution in [3.05, 3.63) is 30.1 Å². The van der Waals surface area contributed by atoms with Gasteiger partial charge in [-0.15, -0.1) is 0 Å². The van der Waals surface area contributed by atoms with E-state index in [1.807, 2.05) is 4.90 Å². The minimum absolute atomic E-state index is 0.136. The highest BCUT2D eigenvalue weighted by atomic mass is 32.2. The lowest BCUT2D eigenvalue weighted by molar-refractivity contribution is 0.586. The molecule has 1 aromatic rings. The van der Waals surface area contributed by atoms with Crippen molar-refractivity contribution in [3.63, 3.8) is 0 Å². The van der Waals surface area contributed by atoms with Gasteiger partial charge in [0.1, 0.15) is 5.82 Å². The third kappa shape index (κ3) is 2.47. The highest BCUT2D eigenvalue weighted by Gasteiger charge is 2.21. The van der Waals surface area contributed by atoms with Crippen LogP contribution in [0.1, 0.15) is 0 Å². The summed E-state index contributed by atoms with van der Waals surface area (Å²) in [6.45, 7) is 0.838. The van der Waals surface area contributed by atoms with E-state index in [4.69, 9.17) is 0 Å². The van der Waals surface area contributed by atoms with Crippen molar-refractivity contribution >= 4 is 15.5 Å². The van der Waals surface area contributed by atoms with Crippen LogP contribution in [0.2, 0.25) is 0 Å². The van der Waals surface area contributed by atoms with Crippen LogP contribution in [0.3, 0.4) is 0 Å². The molecule has 0 saturated carbocycles. The summed E-state index contributed by atoms with van der Waals surface area (Å²) in [5.41, 5.74) is 0.630. The average molecular weight is 228 g/mol. The number of sulfone groups is 1. The van der Waals surface area contributed by atoms with Gasteiger partial charge in [-0.1, -0.05) is 0 Å². The van der Waals surface area contributed by atoms with Gasteiger partial charge >= 0.3 is 0 Å². The van der Waals surface area contributed by atoms with Crippen molar-refractivity contribution in [2.75, 3.05) is 29.5 Å². The third-order valence-electron chi connectivity index (χ3n) is 2.43. The van der Waals surface area contributed by atoms with Crippen LogP contribution in [0.25, 0.3) is 0 Å². The lowest BCUT2D eigenvalue weighted by Gasteiger charge is -2.28. The zero-order valence-electron chi connectivity index (χ0n) is 8.11. The van der Waals surface area contributed by atoms with Crippen molar-refractivity contribution in [2.45, 2.75) is 0 Å². The smallest absolute Gasteiger partial charge is 0.153 e. The second-order valence-electron chi connectivity index (χ2n) is 3.53. The van der Waals surface area contributed by atoms with Crippen LogP contribution in [-0.2, 0) is 9.84 Å². The molecule has 1 aliphatic rings. The first-order valence-corrected chi connectivity index (χ1v) is 6.52. The van der Waals surface area contributed by atoms with Gasteiger partial charge in [0.15, 0.2) is 9.84 Å². The van der Waals surface area contributed by atoms with Gasteiger partial charge in [0, 0.05) is 24.8 Å². The van der Waals surface area contributed by atoms with Crippen LogP contribution in [0.15, 0.2) is 18.2 Å². The monoisotopic (exact) mass is 228 g/mol. The van der Waals surface area contributed by atoms with E-state index in [0.29, 0.717) is 18.8 Å². The number of hydrogen-bond donors (Lipinski definition) is 0. The molecule has 1 fully saturated rings. The molecule has 0 amide bonds. The Labute approximate surface area is 88.4 Å². The van der Waals surface area contributed by atoms with Crippen LogP contribution in [0.4, 0.5) is 10.1 Å². The van der Waals surface area contributed by atoms with Crippen molar-refractivity contribution in [2.24, 2.45) is 0 Å². The predicted octanol–water partition coefficient (Wildman–Crippen LogP) is 0.861. The molecule has 1 saturated heterocycles. The van der Waals surface area contributed by atoms with Crippen molar-refractivity contribution in [1.82, 2.24) is 0 Å². The first-order chi connectivity index (χ1) is 7.07. The van der Waals surface area contributed by atoms with Gasteiger partial charge in [0.2, 0.25) is 0 Å². The first-order valence-electron chi connectivity index (χ1n) is 4.69. The molecular formula is C10H11FNO2S. The van der Waals surface area contributed by atoms with Crippen molar-refractivity contribution in [3.8, 4) is 0 Å². The summed E-state index contributed by atoms with van der Waals surface area (Å²) >= 11 is 0. The van der Waals surface area contributed by atoms with Gasteiger partial charge in [-0.3, -0.25) is 0 Å². The van der Waals surface area contributed by atoms with Crippen LogP contribution in [0, 0.1) is 11.9 Å². The van der Waals surface area contributed by atoms with Gasteiger partial charge in [-0.2, -0.15) is 0 Å². The molecule has 0 bridgehead atoms. The summed E-state index contributed by atoms with van der Waals surface area (Å²) in [6.07, 6.45) is 0. The lowest BCUT2D eigenvalue weighted by atomic mass is 10.3. The van der Waals surface area contributed by atoms with Gasteiger partial charge in [0.25, 0.3) is 0 Å². The second kappa shape index (κ2) is 3.81. The Morgan fingerprint density at radius 1 is 1.33 bits per heavy atom. The Bertz CT molecular complexity index is 444. The first kappa shape index (κ1) is 10.4. The molecule has 1 radical (unpaired) electrons. The standard InChI is InChI=1S/C10H11FNO2S/c11-9-2-1-3-10(8-9)12-4-6-15(13,14)7-5-12/h1-2,8H,4-7H2. The maximum absolute atomic E-state index is 12.9. The van der Waals surface area contributed by atoms with E-state index in [1.54, 1.807) is 0 Å². The van der Waals surface area contributed by atoms with E-state index >= 15 is 0 Å². The molecule has 1 aliphatic heterocycles. The van der Waals surface area contributed by atoms with Crippen LogP contribution >= 0.6 is 0 Å². The van der Waals surface area contributed by atoms with Crippen LogP contribution in [-0.4, -0.2) is 33.0 Å². The minimum atomic E-state index is -2.88. The fourth-order valence-corrected chi connectivity index (χ4v) is 2.76. The molecule has 0 N–H and O–H groups in total. The topological polar surface area (TPSA) is 37.4 Å². The molecule has 0 spiro atoms. The van der Waals surface area contributed by atoms with Crippen molar-refractivity contribution < 1.29 is 12.8 Å². The highest BCUT2D eigenvalue weighted by Crippen LogP contribution is 2.17. The Hall–Kier alpha value is -1.10. The van der Waals surface area contributed by atoms with Gasteiger partial charge < -0.3 is 4.90 Å². The number of rotatable bonds is 1. The van der Waals surface area contributed by atoms with Crippen LogP contribution in [0.5, 0.6) is 0 Å². The van der Waals surface area contributed by atoms with E-state index in [0.717, 1.165) is 0 Å². The summed E-state index contributed by atoms with van der Waals surface area (Å²) in [6, 6.07) is 7.10. The van der Waals surface area contributed by atoms with Gasteiger partial charge in [-0.25, -0.2) is 12.8 Å². The summed E-state index contributed by atoms with van der Waals surface area (Å²) in [7, 11) is -2.88. The van der Waals surface area contributed by atoms with E-state index in [2.05, 4.69) is 6.07 Å². The Balaban J connectivity index is 2.14. The summed E-state index contributed by atoms with van der Waals surface area (Å²) in [4.78, 5) is 1.84. The number of halogens is 1. The normalized spacial score (nSPS) is 20.2. The second-order valence-corrected chi connectivity index (χ2v) is 5.83. The molecule has 0 aliphatic carbocycles. The Morgan fingerprint density at radius 2 is 2.00 bits per heavy atom. The third-order valence-corrected chi connectivity index (χ3v) is 4.04. The largest absolute Gasteiger partial charge is 0.369 e. The SMILES string of the molecule is O=S1(=O)CCN(c2[c]ccc(F)c2)CC1. The maximum atomic E-state index is 12.9. The van der Waals surface area contributed by atoms with E-state index < -0.39 is 9.84 Å². The molecule has 3 nitrogen and oxygen atoms in total. The fraction of sp³-hybridized carbons (Fsp3) is 0.400. The van der Waals surface area contributed by atoms with E-state index in [1.165, 1.54) is 18.2 Å². The quantitative estimate of drug-likeness (QED) is 0.715. The Kier molecular flexibility index (Phi) is 2.65. The predicted molar refractivity (Wildman–Crippen MR) is 56.1 cm³/mol. The number of hydrogen-bond acceptors (Lipinski definition) is 3. The Morgan fingerprint density at radius 3 is 2.60 bits per heavy atom. The molecule has 0 atom stereocenters. The summed E-state index contributed by atoms with van der Waals surface area (Å²) < 4.78 is 35.3. The van der Waals surface area contributed by atoms with Crippen molar-refractivity contribution in [1.29, 1.82) is 0 Å². The number of anilines is 1. The van der Waals surface area contributed by atoms with E-state index in [-0.39, 0.29) is 17.3 Å². The average Bonchev–Trinajstić information content (AvgIpc) is 2.17. The van der Waals surface area contributed by atoms with E-state index in [9.17, 15) is 12.8 Å². The molecule has 1 heterocycles. The number of nitrogens with zero attached hydrogens (tertiary/aromatic N) is 1. The van der Waals surface area contributed by atoms with Crippen LogP contribution < -0.4 is 4.90 Å². The molecule has 1 aromatic carbocycles. The maximum Gasteiger partial charge on any atom is 0.153 e. The number of benzene rings is 1. The van der Waals surface area contributed by atoms with Gasteiger partial charge in [0.05, 0.1) is 11.5 Å². The zero-order valence-corrected chi connectivity index (χ0v) is 8.93. The zero-order chi connectivity index (χ0) is 10.9. The molecule has 0 unspecified atom stereocenters.